The van der Waals surface area contributed by atoms with Gasteiger partial charge < -0.3 is 10.3 Å². The van der Waals surface area contributed by atoms with Gasteiger partial charge in [-0.25, -0.2) is 0 Å². The van der Waals surface area contributed by atoms with Crippen molar-refractivity contribution in [2.75, 3.05) is 19.6 Å². The fraction of sp³-hybridized carbons (Fsp3) is 0.381. The molecule has 4 nitrogen and oxygen atoms in total. The molecule has 0 bridgehead atoms. The van der Waals surface area contributed by atoms with E-state index in [4.69, 9.17) is 0 Å². The molecule has 2 N–H and O–H groups in total. The second-order valence-corrected chi connectivity index (χ2v) is 8.20. The second kappa shape index (κ2) is 8.06. The van der Waals surface area contributed by atoms with E-state index < -0.39 is 0 Å². The van der Waals surface area contributed by atoms with Crippen molar-refractivity contribution in [3.63, 3.8) is 0 Å². The molecule has 0 unspecified atom stereocenters. The van der Waals surface area contributed by atoms with Crippen molar-refractivity contribution in [3.8, 4) is 0 Å². The van der Waals surface area contributed by atoms with E-state index in [2.05, 4.69) is 38.8 Å². The highest BCUT2D eigenvalue weighted by molar-refractivity contribution is 7.09. The van der Waals surface area contributed by atoms with E-state index in [1.807, 2.05) is 35.7 Å². The molecule has 1 amide bonds. The summed E-state index contributed by atoms with van der Waals surface area (Å²) in [6, 6.07) is 12.5. The number of H-pyrrole nitrogens is 1. The van der Waals surface area contributed by atoms with Gasteiger partial charge in [0.1, 0.15) is 0 Å². The quantitative estimate of drug-likeness (QED) is 0.696. The van der Waals surface area contributed by atoms with E-state index >= 15 is 0 Å². The molecule has 136 valence electrons. The fourth-order valence-corrected chi connectivity index (χ4v) is 4.60. The molecule has 1 aromatic carbocycles. The predicted octanol–water partition coefficient (Wildman–Crippen LogP) is 3.80. The second-order valence-electron chi connectivity index (χ2n) is 7.16. The number of piperidine rings is 1. The van der Waals surface area contributed by atoms with Gasteiger partial charge in [-0.05, 0) is 48.4 Å². The summed E-state index contributed by atoms with van der Waals surface area (Å²) in [5.74, 6) is 0.667. The lowest BCUT2D eigenvalue weighted by Crippen LogP contribution is -2.40. The molecule has 3 heterocycles. The average Bonchev–Trinajstić information content (AvgIpc) is 3.31. The number of aromatic amines is 1. The van der Waals surface area contributed by atoms with Crippen LogP contribution in [0.1, 0.15) is 23.3 Å². The zero-order chi connectivity index (χ0) is 17.8. The number of carbonyl (C=O) groups is 1. The number of nitrogens with one attached hydrogen (secondary N) is 2. The topological polar surface area (TPSA) is 48.1 Å². The third-order valence-corrected chi connectivity index (χ3v) is 6.04. The Bertz CT molecular complexity index is 855. The van der Waals surface area contributed by atoms with Gasteiger partial charge in [-0.15, -0.1) is 11.3 Å². The molecule has 3 aromatic rings. The van der Waals surface area contributed by atoms with Crippen LogP contribution in [-0.2, 0) is 17.8 Å². The molecule has 26 heavy (non-hydrogen) atoms. The highest BCUT2D eigenvalue weighted by atomic mass is 32.1. The maximum Gasteiger partial charge on any atom is 0.224 e. The highest BCUT2D eigenvalue weighted by Crippen LogP contribution is 2.21. The lowest BCUT2D eigenvalue weighted by Gasteiger charge is -2.32. The van der Waals surface area contributed by atoms with Gasteiger partial charge in [-0.3, -0.25) is 9.69 Å². The number of amides is 1. The van der Waals surface area contributed by atoms with Crippen LogP contribution in [-0.4, -0.2) is 35.4 Å². The molecule has 0 saturated carbocycles. The molecular weight excluding hydrogens is 342 g/mol. The van der Waals surface area contributed by atoms with Crippen molar-refractivity contribution in [1.82, 2.24) is 15.2 Å². The lowest BCUT2D eigenvalue weighted by atomic mass is 9.98. The third-order valence-electron chi connectivity index (χ3n) is 5.18. The number of hydrogen-bond acceptors (Lipinski definition) is 3. The first-order valence-electron chi connectivity index (χ1n) is 9.34. The number of fused-ring (bicyclic) bond motifs is 1. The normalized spacial score (nSPS) is 18.2. The Balaban J connectivity index is 1.27. The van der Waals surface area contributed by atoms with Crippen LogP contribution in [0.2, 0.25) is 0 Å². The number of nitrogens with zero attached hydrogens (tertiary/aromatic N) is 1. The van der Waals surface area contributed by atoms with Crippen molar-refractivity contribution in [2.45, 2.75) is 25.8 Å². The maximum absolute atomic E-state index is 12.4. The minimum atomic E-state index is 0.116. The van der Waals surface area contributed by atoms with Crippen molar-refractivity contribution in [2.24, 2.45) is 5.92 Å². The SMILES string of the molecule is O=C(Cc1c[nH]c2ccccc12)NC[C@@H]1CCCN(Cc2cccs2)C1. The zero-order valence-electron chi connectivity index (χ0n) is 14.9. The van der Waals surface area contributed by atoms with Gasteiger partial charge in [0.05, 0.1) is 6.42 Å². The van der Waals surface area contributed by atoms with Gasteiger partial charge in [0, 0.05) is 41.6 Å². The summed E-state index contributed by atoms with van der Waals surface area (Å²) in [6.07, 6.45) is 4.81. The summed E-state index contributed by atoms with van der Waals surface area (Å²) in [6.45, 7) is 4.06. The van der Waals surface area contributed by atoms with Crippen molar-refractivity contribution in [3.05, 3.63) is 58.4 Å². The number of likely N-dealkylation sites (tertiary alicyclic amines) is 1. The van der Waals surface area contributed by atoms with Crippen LogP contribution in [0.3, 0.4) is 0 Å². The Labute approximate surface area is 158 Å². The van der Waals surface area contributed by atoms with Crippen LogP contribution in [0.25, 0.3) is 10.9 Å². The van der Waals surface area contributed by atoms with E-state index in [0.29, 0.717) is 12.3 Å². The molecule has 0 aliphatic carbocycles. The number of carbonyl (C=O) groups excluding carboxylic acids is 1. The molecule has 5 heteroatoms. The summed E-state index contributed by atoms with van der Waals surface area (Å²) < 4.78 is 0. The van der Waals surface area contributed by atoms with Crippen LogP contribution in [0.5, 0.6) is 0 Å². The molecule has 4 rings (SSSR count). The molecular formula is C21H25N3OS. The van der Waals surface area contributed by atoms with Gasteiger partial charge in [0.2, 0.25) is 5.91 Å². The Kier molecular flexibility index (Phi) is 5.37. The van der Waals surface area contributed by atoms with E-state index in [1.54, 1.807) is 0 Å². The fourth-order valence-electron chi connectivity index (χ4n) is 3.86. The first-order valence-corrected chi connectivity index (χ1v) is 10.2. The Morgan fingerprint density at radius 3 is 3.08 bits per heavy atom. The number of aromatic nitrogens is 1. The Morgan fingerprint density at radius 2 is 2.19 bits per heavy atom. The molecule has 1 saturated heterocycles. The maximum atomic E-state index is 12.4. The van der Waals surface area contributed by atoms with Gasteiger partial charge in [0.25, 0.3) is 0 Å². The number of para-hydroxylation sites is 1. The van der Waals surface area contributed by atoms with Gasteiger partial charge in [-0.2, -0.15) is 0 Å². The first-order chi connectivity index (χ1) is 12.8. The molecule has 1 fully saturated rings. The van der Waals surface area contributed by atoms with Crippen LogP contribution >= 0.6 is 11.3 Å². The number of thiophene rings is 1. The van der Waals surface area contributed by atoms with Gasteiger partial charge in [0.15, 0.2) is 0 Å². The molecule has 1 aliphatic rings. The molecule has 0 spiro atoms. The standard InChI is InChI=1S/C21H25N3OS/c25-21(11-17-13-22-20-8-2-1-7-19(17)20)23-12-16-5-3-9-24(14-16)15-18-6-4-10-26-18/h1-2,4,6-8,10,13,16,22H,3,5,9,11-12,14-15H2,(H,23,25)/t16-/m0/s1. The van der Waals surface area contributed by atoms with E-state index in [9.17, 15) is 4.79 Å². The predicted molar refractivity (Wildman–Crippen MR) is 107 cm³/mol. The van der Waals surface area contributed by atoms with Crippen LogP contribution in [0, 0.1) is 5.92 Å². The van der Waals surface area contributed by atoms with Gasteiger partial charge in [-0.1, -0.05) is 24.3 Å². The summed E-state index contributed by atoms with van der Waals surface area (Å²) >= 11 is 1.82. The van der Waals surface area contributed by atoms with Crippen molar-refractivity contribution in [1.29, 1.82) is 0 Å². The summed E-state index contributed by atoms with van der Waals surface area (Å²) in [7, 11) is 0. The van der Waals surface area contributed by atoms with E-state index in [-0.39, 0.29) is 5.91 Å². The summed E-state index contributed by atoms with van der Waals surface area (Å²) in [4.78, 5) is 19.6. The third kappa shape index (κ3) is 4.17. The van der Waals surface area contributed by atoms with E-state index in [0.717, 1.165) is 42.6 Å². The largest absolute Gasteiger partial charge is 0.361 e. The minimum Gasteiger partial charge on any atom is -0.361 e. The van der Waals surface area contributed by atoms with Crippen molar-refractivity contribution < 1.29 is 4.79 Å². The van der Waals surface area contributed by atoms with Gasteiger partial charge >= 0.3 is 0 Å². The summed E-state index contributed by atoms with van der Waals surface area (Å²) in [5.41, 5.74) is 2.16. The smallest absolute Gasteiger partial charge is 0.224 e. The molecule has 0 radical (unpaired) electrons. The van der Waals surface area contributed by atoms with Crippen LogP contribution in [0.4, 0.5) is 0 Å². The Hall–Kier alpha value is -2.11. The van der Waals surface area contributed by atoms with E-state index in [1.165, 1.54) is 17.7 Å². The molecule has 2 aromatic heterocycles. The lowest BCUT2D eigenvalue weighted by molar-refractivity contribution is -0.120. The molecule has 1 aliphatic heterocycles. The summed E-state index contributed by atoms with van der Waals surface area (Å²) in [5, 5.41) is 6.44. The van der Waals surface area contributed by atoms with Crippen molar-refractivity contribution >= 4 is 28.1 Å². The monoisotopic (exact) mass is 367 g/mol. The number of rotatable bonds is 6. The minimum absolute atomic E-state index is 0.116. The van der Waals surface area contributed by atoms with Crippen LogP contribution < -0.4 is 5.32 Å². The number of hydrogen-bond donors (Lipinski definition) is 2. The first kappa shape index (κ1) is 17.3. The Morgan fingerprint density at radius 1 is 1.27 bits per heavy atom. The molecule has 1 atom stereocenters. The zero-order valence-corrected chi connectivity index (χ0v) is 15.7. The number of benzene rings is 1. The average molecular weight is 368 g/mol. The van der Waals surface area contributed by atoms with Crippen LogP contribution in [0.15, 0.2) is 48.0 Å². The highest BCUT2D eigenvalue weighted by Gasteiger charge is 2.21.